The predicted molar refractivity (Wildman–Crippen MR) is 64.3 cm³/mol. The minimum atomic E-state index is -0.963. The predicted octanol–water partition coefficient (Wildman–Crippen LogP) is -0.395. The van der Waals surface area contributed by atoms with Crippen molar-refractivity contribution in [1.82, 2.24) is 0 Å². The maximum Gasteiger partial charge on any atom is 0.320 e. The number of fused-ring (bicyclic) bond motifs is 1. The maximum absolute atomic E-state index is 11.2. The molecule has 2 aliphatic rings. The van der Waals surface area contributed by atoms with Crippen molar-refractivity contribution in [2.45, 2.75) is 32.2 Å². The lowest BCUT2D eigenvalue weighted by atomic mass is 9.75. The van der Waals surface area contributed by atoms with Gasteiger partial charge < -0.3 is 20.7 Å². The number of aliphatic carboxylic acids is 2. The third-order valence-corrected chi connectivity index (χ3v) is 3.40. The van der Waals surface area contributed by atoms with Gasteiger partial charge in [0.15, 0.2) is 0 Å². The summed E-state index contributed by atoms with van der Waals surface area (Å²) in [5, 5.41) is 16.6. The largest absolute Gasteiger partial charge is 0.481 e. The summed E-state index contributed by atoms with van der Waals surface area (Å²) in [5.41, 5.74) is 4.84. The number of ether oxygens (including phenoxy) is 1. The number of rotatable bonds is 2. The second kappa shape index (κ2) is 6.47. The number of carbonyl (C=O) groups excluding carboxylic acids is 2. The quantitative estimate of drug-likeness (QED) is 0.460. The first-order valence-corrected chi connectivity index (χ1v) is 6.20. The molecule has 1 heterocycles. The van der Waals surface area contributed by atoms with Crippen LogP contribution in [0.1, 0.15) is 26.2 Å². The van der Waals surface area contributed by atoms with Crippen LogP contribution in [0.4, 0.5) is 0 Å². The van der Waals surface area contributed by atoms with E-state index >= 15 is 0 Å². The van der Waals surface area contributed by atoms with Gasteiger partial charge in [-0.05, 0) is 26.2 Å². The van der Waals surface area contributed by atoms with E-state index in [1.54, 1.807) is 0 Å². The van der Waals surface area contributed by atoms with Gasteiger partial charge in [0.25, 0.3) is 0 Å². The first kappa shape index (κ1) is 16.1. The van der Waals surface area contributed by atoms with E-state index in [2.05, 4.69) is 4.74 Å². The monoisotopic (exact) mass is 287 g/mol. The molecule has 20 heavy (non-hydrogen) atoms. The average Bonchev–Trinajstić information content (AvgIpc) is 2.65. The highest BCUT2D eigenvalue weighted by Gasteiger charge is 2.48. The zero-order valence-corrected chi connectivity index (χ0v) is 10.9. The summed E-state index contributed by atoms with van der Waals surface area (Å²) < 4.78 is 4.47. The number of cyclic esters (lactones) is 2. The van der Waals surface area contributed by atoms with Gasteiger partial charge in [0.1, 0.15) is 6.04 Å². The smallest absolute Gasteiger partial charge is 0.320 e. The standard InChI is InChI=1S/C9H10O5.C3H7NO2/c10-7(11)4-1-2-5-6(3-4)9(13)14-8(5)12;1-2(4)3(5)6/h4-6H,1-3H2,(H,10,11);2H,4H2,1H3,(H,5,6). The molecule has 0 spiro atoms. The van der Waals surface area contributed by atoms with Crippen molar-refractivity contribution in [3.05, 3.63) is 0 Å². The Morgan fingerprint density at radius 2 is 1.70 bits per heavy atom. The van der Waals surface area contributed by atoms with E-state index in [0.717, 1.165) is 0 Å². The molecule has 0 aromatic carbocycles. The molecular formula is C12H17NO7. The molecule has 1 saturated heterocycles. The zero-order chi connectivity index (χ0) is 15.4. The Morgan fingerprint density at radius 1 is 1.20 bits per heavy atom. The third kappa shape index (κ3) is 3.77. The van der Waals surface area contributed by atoms with Crippen molar-refractivity contribution >= 4 is 23.9 Å². The van der Waals surface area contributed by atoms with Crippen LogP contribution in [0, 0.1) is 17.8 Å². The van der Waals surface area contributed by atoms with Crippen LogP contribution >= 0.6 is 0 Å². The molecule has 8 nitrogen and oxygen atoms in total. The molecule has 4 unspecified atom stereocenters. The van der Waals surface area contributed by atoms with Crippen molar-refractivity contribution in [3.63, 3.8) is 0 Å². The van der Waals surface area contributed by atoms with Gasteiger partial charge in [-0.25, -0.2) is 0 Å². The van der Waals surface area contributed by atoms with E-state index in [1.165, 1.54) is 6.92 Å². The van der Waals surface area contributed by atoms with Crippen LogP contribution in [-0.4, -0.2) is 40.1 Å². The van der Waals surface area contributed by atoms with Gasteiger partial charge in [-0.2, -0.15) is 0 Å². The molecule has 0 amide bonds. The van der Waals surface area contributed by atoms with Crippen molar-refractivity contribution in [1.29, 1.82) is 0 Å². The molecule has 2 fully saturated rings. The fourth-order valence-corrected chi connectivity index (χ4v) is 2.19. The molecule has 0 radical (unpaired) electrons. The van der Waals surface area contributed by atoms with Gasteiger partial charge in [0.05, 0.1) is 17.8 Å². The molecular weight excluding hydrogens is 270 g/mol. The zero-order valence-electron chi connectivity index (χ0n) is 10.9. The molecule has 1 aliphatic carbocycles. The van der Waals surface area contributed by atoms with E-state index in [1.807, 2.05) is 0 Å². The Labute approximate surface area is 114 Å². The molecule has 1 saturated carbocycles. The first-order chi connectivity index (χ1) is 9.23. The number of esters is 2. The van der Waals surface area contributed by atoms with Crippen molar-refractivity contribution in [2.24, 2.45) is 23.5 Å². The summed E-state index contributed by atoms with van der Waals surface area (Å²) in [6.07, 6.45) is 1.15. The second-order valence-electron chi connectivity index (χ2n) is 4.93. The van der Waals surface area contributed by atoms with Crippen molar-refractivity contribution < 1.29 is 34.1 Å². The average molecular weight is 287 g/mol. The topological polar surface area (TPSA) is 144 Å². The van der Waals surface area contributed by atoms with Gasteiger partial charge in [-0.1, -0.05) is 0 Å². The van der Waals surface area contributed by atoms with Crippen LogP contribution in [0.15, 0.2) is 0 Å². The number of carboxylic acids is 2. The molecule has 0 aromatic heterocycles. The Morgan fingerprint density at radius 3 is 2.15 bits per heavy atom. The van der Waals surface area contributed by atoms with E-state index < -0.39 is 47.7 Å². The van der Waals surface area contributed by atoms with E-state index in [4.69, 9.17) is 15.9 Å². The fraction of sp³-hybridized carbons (Fsp3) is 0.667. The molecule has 4 N–H and O–H groups in total. The lowest BCUT2D eigenvalue weighted by Crippen LogP contribution is -2.30. The van der Waals surface area contributed by atoms with Crippen LogP contribution in [0.5, 0.6) is 0 Å². The lowest BCUT2D eigenvalue weighted by molar-refractivity contribution is -0.153. The summed E-state index contributed by atoms with van der Waals surface area (Å²) >= 11 is 0. The number of hydrogen-bond donors (Lipinski definition) is 3. The van der Waals surface area contributed by atoms with Gasteiger partial charge in [-0.15, -0.1) is 0 Å². The normalized spacial score (nSPS) is 29.6. The minimum absolute atomic E-state index is 0.241. The number of hydrogen-bond acceptors (Lipinski definition) is 6. The number of carbonyl (C=O) groups is 4. The molecule has 0 bridgehead atoms. The van der Waals surface area contributed by atoms with Crippen LogP contribution in [0.25, 0.3) is 0 Å². The summed E-state index contributed by atoms with van der Waals surface area (Å²) in [7, 11) is 0. The van der Waals surface area contributed by atoms with E-state index in [9.17, 15) is 19.2 Å². The van der Waals surface area contributed by atoms with E-state index in [-0.39, 0.29) is 6.42 Å². The van der Waals surface area contributed by atoms with E-state index in [0.29, 0.717) is 12.8 Å². The number of nitrogens with two attached hydrogens (primary N) is 1. The first-order valence-electron chi connectivity index (χ1n) is 6.20. The SMILES string of the molecule is CC(N)C(=O)O.O=C(O)C1CCC2C(=O)OC(=O)C2C1. The van der Waals surface area contributed by atoms with Gasteiger partial charge >= 0.3 is 23.9 Å². The van der Waals surface area contributed by atoms with Gasteiger partial charge in [-0.3, -0.25) is 19.2 Å². The molecule has 1 aliphatic heterocycles. The van der Waals surface area contributed by atoms with Crippen LogP contribution in [0.2, 0.25) is 0 Å². The Kier molecular flexibility index (Phi) is 5.20. The molecule has 0 aromatic rings. The Balaban J connectivity index is 0.000000286. The summed E-state index contributed by atoms with van der Waals surface area (Å²) in [6, 6.07) is -0.731. The Hall–Kier alpha value is -1.96. The maximum atomic E-state index is 11.2. The van der Waals surface area contributed by atoms with Crippen LogP contribution in [-0.2, 0) is 23.9 Å². The Bertz CT molecular complexity index is 432. The highest BCUT2D eigenvalue weighted by atomic mass is 16.6. The highest BCUT2D eigenvalue weighted by Crippen LogP contribution is 2.39. The lowest BCUT2D eigenvalue weighted by Gasteiger charge is -2.24. The second-order valence-corrected chi connectivity index (χ2v) is 4.93. The third-order valence-electron chi connectivity index (χ3n) is 3.40. The minimum Gasteiger partial charge on any atom is -0.481 e. The summed E-state index contributed by atoms with van der Waals surface area (Å²) in [5.74, 6) is -4.30. The molecule has 8 heteroatoms. The summed E-state index contributed by atoms with van der Waals surface area (Å²) in [6.45, 7) is 1.42. The summed E-state index contributed by atoms with van der Waals surface area (Å²) in [4.78, 5) is 42.5. The highest BCUT2D eigenvalue weighted by molar-refractivity contribution is 5.97. The fourth-order valence-electron chi connectivity index (χ4n) is 2.19. The number of carboxylic acid groups (broad SMARTS) is 2. The molecule has 4 atom stereocenters. The van der Waals surface area contributed by atoms with Crippen LogP contribution < -0.4 is 5.73 Å². The molecule has 2 rings (SSSR count). The van der Waals surface area contributed by atoms with Gasteiger partial charge in [0, 0.05) is 0 Å². The molecule has 112 valence electrons. The van der Waals surface area contributed by atoms with Crippen molar-refractivity contribution in [2.75, 3.05) is 0 Å². The van der Waals surface area contributed by atoms with Crippen molar-refractivity contribution in [3.8, 4) is 0 Å². The van der Waals surface area contributed by atoms with Crippen LogP contribution in [0.3, 0.4) is 0 Å². The van der Waals surface area contributed by atoms with Gasteiger partial charge in [0.2, 0.25) is 0 Å².